The molecule has 3 rings (SSSR count). The molecule has 1 N–H and O–H groups in total. The monoisotopic (exact) mass is 418 g/mol. The van der Waals surface area contributed by atoms with Gasteiger partial charge in [0.1, 0.15) is 5.75 Å². The predicted octanol–water partition coefficient (Wildman–Crippen LogP) is 5.58. The lowest BCUT2D eigenvalue weighted by Crippen LogP contribution is -2.17. The van der Waals surface area contributed by atoms with Crippen molar-refractivity contribution in [2.24, 2.45) is 0 Å². The minimum atomic E-state index is -4.75. The molecule has 0 fully saturated rings. The first-order chi connectivity index (χ1) is 12.3. The molecule has 0 unspecified atom stereocenters. The van der Waals surface area contributed by atoms with Crippen molar-refractivity contribution >= 4 is 56.5 Å². The predicted molar refractivity (Wildman–Crippen MR) is 97.1 cm³/mol. The highest BCUT2D eigenvalue weighted by atomic mass is 35.5. The lowest BCUT2D eigenvalue weighted by Gasteiger charge is -2.09. The van der Waals surface area contributed by atoms with Gasteiger partial charge in [-0.25, -0.2) is 4.98 Å². The van der Waals surface area contributed by atoms with Crippen molar-refractivity contribution in [2.75, 3.05) is 11.1 Å². The maximum absolute atomic E-state index is 12.1. The number of alkyl halides is 3. The van der Waals surface area contributed by atoms with Crippen LogP contribution in [0.25, 0.3) is 10.2 Å². The van der Waals surface area contributed by atoms with Crippen molar-refractivity contribution < 1.29 is 22.7 Å². The van der Waals surface area contributed by atoms with Gasteiger partial charge in [0.25, 0.3) is 0 Å². The van der Waals surface area contributed by atoms with E-state index in [1.54, 1.807) is 12.1 Å². The molecule has 26 heavy (non-hydrogen) atoms. The number of nitrogens with one attached hydrogen (secondary N) is 1. The molecule has 3 aromatic rings. The van der Waals surface area contributed by atoms with Crippen LogP contribution in [-0.4, -0.2) is 23.0 Å². The average molecular weight is 419 g/mol. The maximum Gasteiger partial charge on any atom is 0.573 e. The van der Waals surface area contributed by atoms with Crippen LogP contribution in [0, 0.1) is 0 Å². The van der Waals surface area contributed by atoms with E-state index in [0.717, 1.165) is 26.7 Å². The zero-order valence-electron chi connectivity index (χ0n) is 12.8. The van der Waals surface area contributed by atoms with Gasteiger partial charge in [-0.05, 0) is 42.5 Å². The maximum atomic E-state index is 12.1. The van der Waals surface area contributed by atoms with Crippen LogP contribution in [0.15, 0.2) is 46.8 Å². The van der Waals surface area contributed by atoms with Crippen LogP contribution in [-0.2, 0) is 4.79 Å². The van der Waals surface area contributed by atoms with Crippen LogP contribution < -0.4 is 10.1 Å². The van der Waals surface area contributed by atoms with Crippen LogP contribution in [0.4, 0.5) is 18.9 Å². The third-order valence-corrected chi connectivity index (χ3v) is 5.44. The van der Waals surface area contributed by atoms with Gasteiger partial charge >= 0.3 is 6.36 Å². The quantitative estimate of drug-likeness (QED) is 0.549. The van der Waals surface area contributed by atoms with E-state index in [1.165, 1.54) is 35.2 Å². The van der Waals surface area contributed by atoms with E-state index >= 15 is 0 Å². The number of fused-ring (bicyclic) bond motifs is 1. The van der Waals surface area contributed by atoms with Gasteiger partial charge in [-0.2, -0.15) is 0 Å². The molecule has 2 aromatic carbocycles. The molecule has 1 amide bonds. The number of rotatable bonds is 5. The molecule has 1 heterocycles. The largest absolute Gasteiger partial charge is 0.573 e. The first-order valence-electron chi connectivity index (χ1n) is 7.13. The number of carbonyl (C=O) groups is 1. The van der Waals surface area contributed by atoms with E-state index in [4.69, 9.17) is 11.6 Å². The molecule has 0 atom stereocenters. The first kappa shape index (κ1) is 18.8. The number of anilines is 1. The molecule has 0 radical (unpaired) electrons. The Balaban J connectivity index is 1.54. The molecule has 136 valence electrons. The molecule has 10 heteroatoms. The number of halogens is 4. The Hall–Kier alpha value is -1.97. The number of thioether (sulfide) groups is 1. The second kappa shape index (κ2) is 7.73. The van der Waals surface area contributed by atoms with Crippen LogP contribution in [0.5, 0.6) is 5.75 Å². The number of aromatic nitrogens is 1. The Morgan fingerprint density at radius 1 is 1.23 bits per heavy atom. The Morgan fingerprint density at radius 2 is 1.96 bits per heavy atom. The van der Waals surface area contributed by atoms with E-state index in [0.29, 0.717) is 10.7 Å². The third-order valence-electron chi connectivity index (χ3n) is 3.03. The van der Waals surface area contributed by atoms with E-state index < -0.39 is 6.36 Å². The Labute approximate surface area is 159 Å². The summed E-state index contributed by atoms with van der Waals surface area (Å²) in [6, 6.07) is 10.3. The number of hydrogen-bond acceptors (Lipinski definition) is 5. The number of ether oxygens (including phenoxy) is 1. The van der Waals surface area contributed by atoms with Crippen LogP contribution in [0.2, 0.25) is 5.02 Å². The number of benzene rings is 2. The Morgan fingerprint density at radius 3 is 2.65 bits per heavy atom. The number of carbonyl (C=O) groups excluding carboxylic acids is 1. The van der Waals surface area contributed by atoms with Gasteiger partial charge in [0, 0.05) is 10.7 Å². The van der Waals surface area contributed by atoms with Gasteiger partial charge in [0.05, 0.1) is 16.0 Å². The fourth-order valence-corrected chi connectivity index (χ4v) is 4.02. The average Bonchev–Trinajstić information content (AvgIpc) is 2.95. The van der Waals surface area contributed by atoms with Crippen molar-refractivity contribution in [3.63, 3.8) is 0 Å². The number of amides is 1. The summed E-state index contributed by atoms with van der Waals surface area (Å²) in [5.74, 6) is -0.524. The van der Waals surface area contributed by atoms with Gasteiger partial charge in [0.2, 0.25) is 5.91 Å². The lowest BCUT2D eigenvalue weighted by molar-refractivity contribution is -0.274. The molecule has 1 aromatic heterocycles. The zero-order valence-corrected chi connectivity index (χ0v) is 15.2. The molecule has 0 spiro atoms. The summed E-state index contributed by atoms with van der Waals surface area (Å²) < 4.78 is 41.8. The first-order valence-corrected chi connectivity index (χ1v) is 9.31. The minimum absolute atomic E-state index is 0.119. The molecule has 0 bridgehead atoms. The van der Waals surface area contributed by atoms with Crippen molar-refractivity contribution in [2.45, 2.75) is 10.7 Å². The Kier molecular flexibility index (Phi) is 5.59. The van der Waals surface area contributed by atoms with E-state index in [2.05, 4.69) is 15.0 Å². The van der Waals surface area contributed by atoms with Crippen molar-refractivity contribution in [3.8, 4) is 5.75 Å². The second-order valence-corrected chi connectivity index (χ2v) is 7.69. The minimum Gasteiger partial charge on any atom is -0.406 e. The third kappa shape index (κ3) is 5.26. The molecule has 0 saturated carbocycles. The van der Waals surface area contributed by atoms with Gasteiger partial charge in [-0.15, -0.1) is 24.5 Å². The molecule has 0 aliphatic rings. The summed E-state index contributed by atoms with van der Waals surface area (Å²) in [7, 11) is 0. The highest BCUT2D eigenvalue weighted by Crippen LogP contribution is 2.31. The second-order valence-electron chi connectivity index (χ2n) is 5.00. The Bertz CT molecular complexity index is 929. The van der Waals surface area contributed by atoms with Gasteiger partial charge in [0.15, 0.2) is 4.34 Å². The number of nitrogens with zero attached hydrogens (tertiary/aromatic N) is 1. The highest BCUT2D eigenvalue weighted by Gasteiger charge is 2.30. The lowest BCUT2D eigenvalue weighted by atomic mass is 10.3. The molecule has 0 saturated heterocycles. The molecule has 4 nitrogen and oxygen atoms in total. The fraction of sp³-hybridized carbons (Fsp3) is 0.125. The standard InChI is InChI=1S/C16H10ClF3N2O2S2/c17-9-1-6-13-12(7-9)22-15(26-13)25-8-14(23)21-10-2-4-11(5-3-10)24-16(18,19)20/h1-7H,8H2,(H,21,23). The van der Waals surface area contributed by atoms with E-state index in [1.807, 2.05) is 6.07 Å². The molecule has 0 aliphatic heterocycles. The summed E-state index contributed by atoms with van der Waals surface area (Å²) in [5.41, 5.74) is 1.15. The zero-order chi connectivity index (χ0) is 18.7. The fourth-order valence-electron chi connectivity index (χ4n) is 2.01. The smallest absolute Gasteiger partial charge is 0.406 e. The van der Waals surface area contributed by atoms with Crippen molar-refractivity contribution in [1.29, 1.82) is 0 Å². The summed E-state index contributed by atoms with van der Waals surface area (Å²) in [4.78, 5) is 16.4. The number of thiazole rings is 1. The van der Waals surface area contributed by atoms with Gasteiger partial charge in [-0.1, -0.05) is 23.4 Å². The topological polar surface area (TPSA) is 51.2 Å². The van der Waals surface area contributed by atoms with Crippen LogP contribution >= 0.6 is 34.7 Å². The highest BCUT2D eigenvalue weighted by molar-refractivity contribution is 8.01. The van der Waals surface area contributed by atoms with Gasteiger partial charge < -0.3 is 10.1 Å². The van der Waals surface area contributed by atoms with E-state index in [9.17, 15) is 18.0 Å². The van der Waals surface area contributed by atoms with Crippen molar-refractivity contribution in [1.82, 2.24) is 4.98 Å². The molecular formula is C16H10ClF3N2O2S2. The number of hydrogen-bond donors (Lipinski definition) is 1. The van der Waals surface area contributed by atoms with Gasteiger partial charge in [-0.3, -0.25) is 4.79 Å². The molecular weight excluding hydrogens is 409 g/mol. The molecule has 0 aliphatic carbocycles. The summed E-state index contributed by atoms with van der Waals surface area (Å²) in [6.07, 6.45) is -4.75. The van der Waals surface area contributed by atoms with Crippen LogP contribution in [0.3, 0.4) is 0 Å². The van der Waals surface area contributed by atoms with Crippen LogP contribution in [0.1, 0.15) is 0 Å². The summed E-state index contributed by atoms with van der Waals surface area (Å²) in [6.45, 7) is 0. The summed E-state index contributed by atoms with van der Waals surface area (Å²) in [5, 5.41) is 3.20. The normalized spacial score (nSPS) is 11.5. The van der Waals surface area contributed by atoms with E-state index in [-0.39, 0.29) is 17.4 Å². The summed E-state index contributed by atoms with van der Waals surface area (Å²) >= 11 is 8.64. The SMILES string of the molecule is O=C(CSc1nc2cc(Cl)ccc2s1)Nc1ccc(OC(F)(F)F)cc1. The van der Waals surface area contributed by atoms with Crippen molar-refractivity contribution in [3.05, 3.63) is 47.5 Å².